The summed E-state index contributed by atoms with van der Waals surface area (Å²) in [6.07, 6.45) is 4.93. The third-order valence-corrected chi connectivity index (χ3v) is 8.36. The Morgan fingerprint density at radius 2 is 1.75 bits per heavy atom. The number of carbonyl (C=O) groups excluding carboxylic acids is 4. The highest BCUT2D eigenvalue weighted by Crippen LogP contribution is 2.24. The third kappa shape index (κ3) is 11.3. The van der Waals surface area contributed by atoms with Gasteiger partial charge in [0.2, 0.25) is 11.8 Å². The van der Waals surface area contributed by atoms with E-state index in [1.807, 2.05) is 39.8 Å². The van der Waals surface area contributed by atoms with Crippen molar-refractivity contribution < 1.29 is 33.6 Å². The molecular weight excluding hydrogens is 638 g/mol. The van der Waals surface area contributed by atoms with E-state index in [1.54, 1.807) is 50.3 Å². The summed E-state index contributed by atoms with van der Waals surface area (Å²) in [6.45, 7) is 10.6. The number of rotatable bonds is 8. The lowest BCUT2D eigenvalue weighted by atomic mass is 9.93. The lowest BCUT2D eigenvalue weighted by molar-refractivity contribution is -0.384. The van der Waals surface area contributed by atoms with Crippen molar-refractivity contribution in [3.63, 3.8) is 0 Å². The van der Waals surface area contributed by atoms with Crippen LogP contribution in [0.15, 0.2) is 60.7 Å². The van der Waals surface area contributed by atoms with Gasteiger partial charge in [0.25, 0.3) is 5.69 Å². The monoisotopic (exact) mass is 681 g/mol. The Morgan fingerprint density at radius 3 is 2.38 bits per heavy atom. The Kier molecular flexibility index (Phi) is 13.5. The highest BCUT2D eigenvalue weighted by molar-refractivity contribution is 6.31. The SMILES string of the molecule is Cc1ccc(C[C@H]2NC(=O)/C=C/C[C@@H]([C@H](C)/C=C/c3ccc([N+](=O)[O-])cc3)OC(=O)[C@H](CC(C)C)OC(=O)C(C)(C)CNC2=O)cc1Cl. The summed E-state index contributed by atoms with van der Waals surface area (Å²) in [6, 6.07) is 10.4. The van der Waals surface area contributed by atoms with Gasteiger partial charge in [0.15, 0.2) is 6.10 Å². The molecule has 11 nitrogen and oxygen atoms in total. The maximum atomic E-state index is 13.5. The predicted molar refractivity (Wildman–Crippen MR) is 183 cm³/mol. The minimum atomic E-state index is -1.22. The van der Waals surface area contributed by atoms with E-state index in [1.165, 1.54) is 18.2 Å². The van der Waals surface area contributed by atoms with Gasteiger partial charge < -0.3 is 20.1 Å². The molecule has 2 N–H and O–H groups in total. The first-order valence-corrected chi connectivity index (χ1v) is 16.3. The molecule has 258 valence electrons. The van der Waals surface area contributed by atoms with Crippen LogP contribution in [0.1, 0.15) is 64.2 Å². The Hall–Kier alpha value is -4.51. The second kappa shape index (κ2) is 17.1. The summed E-state index contributed by atoms with van der Waals surface area (Å²) < 4.78 is 11.7. The fourth-order valence-corrected chi connectivity index (χ4v) is 5.04. The van der Waals surface area contributed by atoms with Crippen molar-refractivity contribution >= 4 is 47.1 Å². The number of halogens is 1. The first-order valence-electron chi connectivity index (χ1n) is 15.9. The van der Waals surface area contributed by atoms with Crippen LogP contribution < -0.4 is 10.6 Å². The van der Waals surface area contributed by atoms with Crippen LogP contribution in [0.3, 0.4) is 0 Å². The van der Waals surface area contributed by atoms with Gasteiger partial charge in [-0.1, -0.05) is 62.7 Å². The third-order valence-electron chi connectivity index (χ3n) is 7.95. The molecule has 3 rings (SSSR count). The van der Waals surface area contributed by atoms with E-state index in [-0.39, 0.29) is 43.3 Å². The van der Waals surface area contributed by atoms with Crippen LogP contribution in [0.4, 0.5) is 5.69 Å². The van der Waals surface area contributed by atoms with Crippen molar-refractivity contribution in [2.75, 3.05) is 6.54 Å². The zero-order valence-corrected chi connectivity index (χ0v) is 28.9. The maximum Gasteiger partial charge on any atom is 0.347 e. The molecule has 1 aliphatic rings. The van der Waals surface area contributed by atoms with E-state index in [9.17, 15) is 29.3 Å². The zero-order valence-electron chi connectivity index (χ0n) is 28.2. The molecule has 1 heterocycles. The molecule has 0 spiro atoms. The number of ether oxygens (including phenoxy) is 2. The van der Waals surface area contributed by atoms with Crippen LogP contribution in [-0.2, 0) is 35.1 Å². The van der Waals surface area contributed by atoms with Gasteiger partial charge in [-0.15, -0.1) is 0 Å². The van der Waals surface area contributed by atoms with Gasteiger partial charge in [-0.25, -0.2) is 4.79 Å². The number of amides is 2. The minimum absolute atomic E-state index is 0.0127. The van der Waals surface area contributed by atoms with Gasteiger partial charge in [0, 0.05) is 42.5 Å². The number of aryl methyl sites for hydroxylation is 1. The molecule has 0 saturated carbocycles. The number of non-ortho nitro benzene ring substituents is 1. The number of hydrogen-bond donors (Lipinski definition) is 2. The van der Waals surface area contributed by atoms with Gasteiger partial charge in [-0.2, -0.15) is 0 Å². The summed E-state index contributed by atoms with van der Waals surface area (Å²) in [5.74, 6) is -2.84. The fourth-order valence-electron chi connectivity index (χ4n) is 4.84. The molecule has 0 bridgehead atoms. The molecule has 2 aromatic carbocycles. The summed E-state index contributed by atoms with van der Waals surface area (Å²) in [7, 11) is 0. The van der Waals surface area contributed by atoms with Gasteiger partial charge in [-0.3, -0.25) is 24.5 Å². The molecule has 0 aromatic heterocycles. The summed E-state index contributed by atoms with van der Waals surface area (Å²) >= 11 is 6.31. The van der Waals surface area contributed by atoms with Crippen LogP contribution in [0.25, 0.3) is 6.08 Å². The Labute approximate surface area is 286 Å². The Bertz CT molecular complexity index is 1550. The highest BCUT2D eigenvalue weighted by atomic mass is 35.5. The van der Waals surface area contributed by atoms with Crippen LogP contribution in [0.2, 0.25) is 5.02 Å². The van der Waals surface area contributed by atoms with Gasteiger partial charge in [-0.05, 0) is 74.1 Å². The Morgan fingerprint density at radius 1 is 1.06 bits per heavy atom. The molecule has 0 aliphatic carbocycles. The number of nitrogens with zero attached hydrogens (tertiary/aromatic N) is 1. The first-order chi connectivity index (χ1) is 22.5. The molecular formula is C36H44ClN3O8. The predicted octanol–water partition coefficient (Wildman–Crippen LogP) is 5.91. The largest absolute Gasteiger partial charge is 0.459 e. The van der Waals surface area contributed by atoms with E-state index < -0.39 is 52.3 Å². The summed E-state index contributed by atoms with van der Waals surface area (Å²) in [5.41, 5.74) is 1.06. The molecule has 4 atom stereocenters. The number of cyclic esters (lactones) is 2. The zero-order chi connectivity index (χ0) is 35.6. The maximum absolute atomic E-state index is 13.5. The number of carbonyl (C=O) groups is 4. The topological polar surface area (TPSA) is 154 Å². The number of hydrogen-bond acceptors (Lipinski definition) is 8. The van der Waals surface area contributed by atoms with Gasteiger partial charge >= 0.3 is 11.9 Å². The van der Waals surface area contributed by atoms with Crippen molar-refractivity contribution in [3.05, 3.63) is 92.5 Å². The smallest absolute Gasteiger partial charge is 0.347 e. The van der Waals surface area contributed by atoms with Crippen molar-refractivity contribution in [2.45, 2.75) is 79.1 Å². The first kappa shape index (κ1) is 37.9. The standard InChI is InChI=1S/C36H44ClN3O8/c1-22(2)18-31-34(43)47-30(24(4)11-12-25-14-16-27(17-15-25)40(45)46)8-7-9-32(41)39-29(20-26-13-10-23(3)28(37)19-26)33(42)38-21-36(5,6)35(44)48-31/h7,9-17,19,22,24,29-31H,8,18,20-21H2,1-6H3,(H,38,42)(H,39,41)/b9-7+,12-11+/t24-,29-,30+,31+/m1/s1. The molecule has 2 amide bonds. The van der Waals surface area contributed by atoms with Gasteiger partial charge in [0.1, 0.15) is 12.1 Å². The average Bonchev–Trinajstić information content (AvgIpc) is 3.02. The minimum Gasteiger partial charge on any atom is -0.459 e. The Balaban J connectivity index is 1.93. The molecule has 0 fully saturated rings. The molecule has 12 heteroatoms. The number of nitro groups is 1. The van der Waals surface area contributed by atoms with E-state index in [0.717, 1.165) is 11.1 Å². The van der Waals surface area contributed by atoms with Crippen LogP contribution in [-0.4, -0.2) is 53.5 Å². The van der Waals surface area contributed by atoms with Crippen LogP contribution in [0, 0.1) is 34.3 Å². The second-order valence-corrected chi connectivity index (χ2v) is 13.6. The fraction of sp³-hybridized carbons (Fsp3) is 0.444. The van der Waals surface area contributed by atoms with E-state index in [0.29, 0.717) is 10.6 Å². The van der Waals surface area contributed by atoms with Crippen molar-refractivity contribution in [1.82, 2.24) is 10.6 Å². The lowest BCUT2D eigenvalue weighted by Crippen LogP contribution is -2.51. The van der Waals surface area contributed by atoms with Crippen LogP contribution >= 0.6 is 11.6 Å². The number of nitrogens with one attached hydrogen (secondary N) is 2. The molecule has 48 heavy (non-hydrogen) atoms. The second-order valence-electron chi connectivity index (χ2n) is 13.2. The van der Waals surface area contributed by atoms with E-state index >= 15 is 0 Å². The van der Waals surface area contributed by atoms with Crippen molar-refractivity contribution in [3.8, 4) is 0 Å². The number of nitro benzene ring substituents is 1. The summed E-state index contributed by atoms with van der Waals surface area (Å²) in [4.78, 5) is 63.9. The van der Waals surface area contributed by atoms with E-state index in [4.69, 9.17) is 21.1 Å². The van der Waals surface area contributed by atoms with Crippen molar-refractivity contribution in [2.24, 2.45) is 17.3 Å². The van der Waals surface area contributed by atoms with E-state index in [2.05, 4.69) is 10.6 Å². The summed E-state index contributed by atoms with van der Waals surface area (Å²) in [5, 5.41) is 17.0. The number of esters is 2. The molecule has 0 radical (unpaired) electrons. The number of benzene rings is 2. The van der Waals surface area contributed by atoms with Crippen LogP contribution in [0.5, 0.6) is 0 Å². The lowest BCUT2D eigenvalue weighted by Gasteiger charge is -2.29. The average molecular weight is 682 g/mol. The highest BCUT2D eigenvalue weighted by Gasteiger charge is 2.37. The quantitative estimate of drug-likeness (QED) is 0.198. The molecule has 0 saturated heterocycles. The molecule has 0 unspecified atom stereocenters. The molecule has 1 aliphatic heterocycles. The normalized spacial score (nSPS) is 22.4. The van der Waals surface area contributed by atoms with Gasteiger partial charge in [0.05, 0.1) is 10.3 Å². The van der Waals surface area contributed by atoms with Crippen molar-refractivity contribution in [1.29, 1.82) is 0 Å². The molecule has 2 aromatic rings.